The number of hydrogen-bond acceptors (Lipinski definition) is 4. The first kappa shape index (κ1) is 20.8. The molecule has 0 aliphatic heterocycles. The zero-order valence-corrected chi connectivity index (χ0v) is 15.7. The van der Waals surface area contributed by atoms with Gasteiger partial charge in [0.05, 0.1) is 12.7 Å². The third kappa shape index (κ3) is 7.10. The van der Waals surface area contributed by atoms with E-state index in [0.717, 1.165) is 31.2 Å². The first-order chi connectivity index (χ1) is 11.3. The van der Waals surface area contributed by atoms with Gasteiger partial charge in [-0.3, -0.25) is 0 Å². The molecule has 0 radical (unpaired) electrons. The Kier molecular flexibility index (Phi) is 8.57. The molecule has 0 aliphatic rings. The lowest BCUT2D eigenvalue weighted by Crippen LogP contribution is -2.43. The molecule has 2 unspecified atom stereocenters. The summed E-state index contributed by atoms with van der Waals surface area (Å²) in [5.74, 6) is 1.42. The molecular weight excluding hydrogens is 302 g/mol. The second-order valence-corrected chi connectivity index (χ2v) is 7.43. The van der Waals surface area contributed by atoms with E-state index in [0.29, 0.717) is 18.1 Å². The number of aliphatic hydroxyl groups is 1. The van der Waals surface area contributed by atoms with Gasteiger partial charge in [0.25, 0.3) is 0 Å². The summed E-state index contributed by atoms with van der Waals surface area (Å²) in [6.45, 7) is 8.44. The Morgan fingerprint density at radius 1 is 1.21 bits per heavy atom. The monoisotopic (exact) mass is 337 g/mol. The number of rotatable bonds is 11. The number of hydrogen-bond donors (Lipinski definition) is 3. The minimum absolute atomic E-state index is 0.0232. The summed E-state index contributed by atoms with van der Waals surface area (Å²) in [6.07, 6.45) is 5.54. The molecule has 1 aromatic carbocycles. The fraction of sp³-hybridized carbons (Fsp3) is 0.700. The number of aliphatic hydroxyl groups excluding tert-OH is 1. The smallest absolute Gasteiger partial charge is 0.161 e. The van der Waals surface area contributed by atoms with Gasteiger partial charge in [0.15, 0.2) is 11.5 Å². The van der Waals surface area contributed by atoms with E-state index in [4.69, 9.17) is 10.5 Å². The van der Waals surface area contributed by atoms with E-state index in [1.54, 1.807) is 6.07 Å². The number of phenolic OH excluding ortho intramolecular Hbond substituents is 1. The summed E-state index contributed by atoms with van der Waals surface area (Å²) in [4.78, 5) is 0. The van der Waals surface area contributed by atoms with Crippen molar-refractivity contribution in [3.63, 3.8) is 0 Å². The Balaban J connectivity index is 2.55. The molecule has 4 nitrogen and oxygen atoms in total. The van der Waals surface area contributed by atoms with Gasteiger partial charge in [0.2, 0.25) is 0 Å². The van der Waals surface area contributed by atoms with Crippen LogP contribution >= 0.6 is 0 Å². The van der Waals surface area contributed by atoms with E-state index < -0.39 is 5.54 Å². The molecule has 0 amide bonds. The van der Waals surface area contributed by atoms with E-state index in [2.05, 4.69) is 13.8 Å². The van der Waals surface area contributed by atoms with Gasteiger partial charge in [0, 0.05) is 5.54 Å². The highest BCUT2D eigenvalue weighted by molar-refractivity contribution is 5.42. The van der Waals surface area contributed by atoms with Crippen molar-refractivity contribution in [2.75, 3.05) is 6.61 Å². The Morgan fingerprint density at radius 2 is 1.92 bits per heavy atom. The highest BCUT2D eigenvalue weighted by Gasteiger charge is 2.21. The molecule has 0 aromatic heterocycles. The fourth-order valence-electron chi connectivity index (χ4n) is 2.67. The minimum atomic E-state index is -0.546. The highest BCUT2D eigenvalue weighted by Crippen LogP contribution is 2.29. The summed E-state index contributed by atoms with van der Waals surface area (Å²) in [5, 5.41) is 19.6. The Labute approximate surface area is 147 Å². The summed E-state index contributed by atoms with van der Waals surface area (Å²) in [7, 11) is 0. The van der Waals surface area contributed by atoms with Gasteiger partial charge in [-0.05, 0) is 62.6 Å². The van der Waals surface area contributed by atoms with E-state index in [1.807, 2.05) is 26.0 Å². The van der Waals surface area contributed by atoms with Crippen LogP contribution in [-0.4, -0.2) is 28.5 Å². The third-order valence-electron chi connectivity index (χ3n) is 4.67. The van der Waals surface area contributed by atoms with Crippen molar-refractivity contribution in [2.24, 2.45) is 11.7 Å². The van der Waals surface area contributed by atoms with Crippen molar-refractivity contribution in [3.05, 3.63) is 23.8 Å². The average molecular weight is 338 g/mol. The number of phenols is 1. The van der Waals surface area contributed by atoms with Crippen LogP contribution in [0.2, 0.25) is 0 Å². The normalized spacial score (nSPS) is 15.3. The Hall–Kier alpha value is -1.26. The van der Waals surface area contributed by atoms with Gasteiger partial charge in [0.1, 0.15) is 0 Å². The van der Waals surface area contributed by atoms with Crippen LogP contribution < -0.4 is 10.5 Å². The lowest BCUT2D eigenvalue weighted by atomic mass is 9.90. The lowest BCUT2D eigenvalue weighted by Gasteiger charge is -2.25. The molecule has 2 atom stereocenters. The molecule has 1 aromatic rings. The van der Waals surface area contributed by atoms with Crippen LogP contribution in [0, 0.1) is 5.92 Å². The van der Waals surface area contributed by atoms with Gasteiger partial charge in [-0.15, -0.1) is 0 Å². The molecule has 138 valence electrons. The van der Waals surface area contributed by atoms with Crippen LogP contribution in [0.1, 0.15) is 65.4 Å². The summed E-state index contributed by atoms with van der Waals surface area (Å²) in [5.41, 5.74) is 6.57. The van der Waals surface area contributed by atoms with Crippen LogP contribution in [0.5, 0.6) is 11.5 Å². The van der Waals surface area contributed by atoms with E-state index in [1.165, 1.54) is 6.42 Å². The predicted octanol–water partition coefficient (Wildman–Crippen LogP) is 4.02. The first-order valence-corrected chi connectivity index (χ1v) is 9.18. The standard InChI is InChI=1S/C20H35NO3/c1-5-20(21,14-22)12-11-17-9-10-19(18(23)13-17)24-16(4)8-6-7-15(2)3/h9-10,13,15-16,22-23H,5-8,11-12,14,21H2,1-4H3. The van der Waals surface area contributed by atoms with Crippen LogP contribution in [0.4, 0.5) is 0 Å². The quantitative estimate of drug-likeness (QED) is 0.570. The topological polar surface area (TPSA) is 75.7 Å². The van der Waals surface area contributed by atoms with Gasteiger partial charge >= 0.3 is 0 Å². The van der Waals surface area contributed by atoms with Gasteiger partial charge in [-0.1, -0.05) is 33.3 Å². The van der Waals surface area contributed by atoms with Crippen LogP contribution in [-0.2, 0) is 6.42 Å². The summed E-state index contributed by atoms with van der Waals surface area (Å²) < 4.78 is 5.85. The van der Waals surface area contributed by atoms with Gasteiger partial charge < -0.3 is 20.7 Å². The zero-order chi connectivity index (χ0) is 18.2. The second-order valence-electron chi connectivity index (χ2n) is 7.43. The fourth-order valence-corrected chi connectivity index (χ4v) is 2.67. The van der Waals surface area contributed by atoms with Crippen LogP contribution in [0.15, 0.2) is 18.2 Å². The molecule has 0 saturated heterocycles. The molecule has 0 fully saturated rings. The maximum Gasteiger partial charge on any atom is 0.161 e. The van der Waals surface area contributed by atoms with E-state index in [-0.39, 0.29) is 18.5 Å². The number of aromatic hydroxyl groups is 1. The summed E-state index contributed by atoms with van der Waals surface area (Å²) >= 11 is 0. The van der Waals surface area contributed by atoms with Crippen molar-refractivity contribution >= 4 is 0 Å². The molecule has 24 heavy (non-hydrogen) atoms. The predicted molar refractivity (Wildman–Crippen MR) is 99.5 cm³/mol. The molecule has 0 spiro atoms. The minimum Gasteiger partial charge on any atom is -0.504 e. The average Bonchev–Trinajstić information content (AvgIpc) is 2.54. The maximum absolute atomic E-state index is 10.2. The SMILES string of the molecule is CCC(N)(CO)CCc1ccc(OC(C)CCCC(C)C)c(O)c1. The molecule has 0 saturated carbocycles. The number of ether oxygens (including phenoxy) is 1. The van der Waals surface area contributed by atoms with Crippen molar-refractivity contribution in [1.82, 2.24) is 0 Å². The highest BCUT2D eigenvalue weighted by atomic mass is 16.5. The van der Waals surface area contributed by atoms with Crippen LogP contribution in [0.3, 0.4) is 0 Å². The van der Waals surface area contributed by atoms with Crippen LogP contribution in [0.25, 0.3) is 0 Å². The molecule has 1 rings (SSSR count). The van der Waals surface area contributed by atoms with Gasteiger partial charge in [-0.2, -0.15) is 0 Å². The number of aryl methyl sites for hydroxylation is 1. The van der Waals surface area contributed by atoms with E-state index in [9.17, 15) is 10.2 Å². The Bertz CT molecular complexity index is 484. The molecule has 0 aliphatic carbocycles. The maximum atomic E-state index is 10.2. The van der Waals surface area contributed by atoms with Crippen molar-refractivity contribution in [1.29, 1.82) is 0 Å². The molecule has 0 heterocycles. The van der Waals surface area contributed by atoms with E-state index >= 15 is 0 Å². The number of nitrogens with two attached hydrogens (primary N) is 1. The summed E-state index contributed by atoms with van der Waals surface area (Å²) in [6, 6.07) is 5.53. The number of benzene rings is 1. The lowest BCUT2D eigenvalue weighted by molar-refractivity contribution is 0.182. The Morgan fingerprint density at radius 3 is 2.46 bits per heavy atom. The van der Waals surface area contributed by atoms with Crippen molar-refractivity contribution in [3.8, 4) is 11.5 Å². The van der Waals surface area contributed by atoms with Gasteiger partial charge in [-0.25, -0.2) is 0 Å². The zero-order valence-electron chi connectivity index (χ0n) is 15.7. The molecular formula is C20H35NO3. The molecule has 4 N–H and O–H groups in total. The second kappa shape index (κ2) is 9.90. The first-order valence-electron chi connectivity index (χ1n) is 9.18. The molecule has 0 bridgehead atoms. The largest absolute Gasteiger partial charge is 0.504 e. The van der Waals surface area contributed by atoms with Crippen molar-refractivity contribution < 1.29 is 14.9 Å². The van der Waals surface area contributed by atoms with Crippen molar-refractivity contribution in [2.45, 2.75) is 77.9 Å². The molecule has 4 heteroatoms. The third-order valence-corrected chi connectivity index (χ3v) is 4.67.